The lowest BCUT2D eigenvalue weighted by Gasteiger charge is -2.24. The van der Waals surface area contributed by atoms with Crippen LogP contribution < -0.4 is 10.6 Å². The first-order valence-corrected chi connectivity index (χ1v) is 12.6. The number of carbonyl (C=O) groups is 1. The van der Waals surface area contributed by atoms with Crippen LogP contribution in [0.3, 0.4) is 0 Å². The highest BCUT2D eigenvalue weighted by molar-refractivity contribution is 6.31. The SMILES string of the molecule is CC(C)(O)Cn1cc(C(=O)N[C@H]2CCCC[C@H](Nc3cc(C(F)(F)F)nc4ccc(Cl)cc34)C2)c(C#N)n1. The maximum absolute atomic E-state index is 13.5. The van der Waals surface area contributed by atoms with Crippen LogP contribution in [0.1, 0.15) is 67.7 Å². The second-order valence-electron chi connectivity index (χ2n) is 10.3. The van der Waals surface area contributed by atoms with Gasteiger partial charge in [-0.15, -0.1) is 0 Å². The van der Waals surface area contributed by atoms with Crippen LogP contribution in [0.15, 0.2) is 30.5 Å². The Morgan fingerprint density at radius 2 is 1.95 bits per heavy atom. The molecule has 1 aliphatic rings. The second kappa shape index (κ2) is 10.8. The molecule has 3 N–H and O–H groups in total. The number of hydrogen-bond donors (Lipinski definition) is 3. The van der Waals surface area contributed by atoms with Crippen LogP contribution in [0.25, 0.3) is 10.9 Å². The van der Waals surface area contributed by atoms with Gasteiger partial charge >= 0.3 is 6.18 Å². The first-order valence-electron chi connectivity index (χ1n) is 12.3. The fourth-order valence-electron chi connectivity index (χ4n) is 4.72. The molecule has 1 aliphatic carbocycles. The van der Waals surface area contributed by atoms with E-state index >= 15 is 0 Å². The van der Waals surface area contributed by atoms with Crippen LogP contribution in [0.5, 0.6) is 0 Å². The van der Waals surface area contributed by atoms with Gasteiger partial charge in [0.15, 0.2) is 5.69 Å². The lowest BCUT2D eigenvalue weighted by Crippen LogP contribution is -2.38. The summed E-state index contributed by atoms with van der Waals surface area (Å²) in [7, 11) is 0. The molecule has 1 fully saturated rings. The molecule has 8 nitrogen and oxygen atoms in total. The largest absolute Gasteiger partial charge is 0.433 e. The predicted octanol–water partition coefficient (Wildman–Crippen LogP) is 5.29. The molecule has 1 amide bonds. The number of amides is 1. The van der Waals surface area contributed by atoms with Crippen LogP contribution in [-0.2, 0) is 12.7 Å². The maximum Gasteiger partial charge on any atom is 0.433 e. The van der Waals surface area contributed by atoms with E-state index in [-0.39, 0.29) is 41.1 Å². The van der Waals surface area contributed by atoms with Gasteiger partial charge in [-0.1, -0.05) is 24.4 Å². The Morgan fingerprint density at radius 3 is 2.61 bits per heavy atom. The van der Waals surface area contributed by atoms with Crippen molar-refractivity contribution in [2.24, 2.45) is 0 Å². The van der Waals surface area contributed by atoms with Gasteiger partial charge in [-0.3, -0.25) is 9.48 Å². The van der Waals surface area contributed by atoms with Crippen molar-refractivity contribution in [1.82, 2.24) is 20.1 Å². The summed E-state index contributed by atoms with van der Waals surface area (Å²) in [5, 5.41) is 30.7. The maximum atomic E-state index is 13.5. The molecular formula is C26H28ClF3N6O2. The number of benzene rings is 1. The Labute approximate surface area is 222 Å². The molecule has 0 bridgehead atoms. The van der Waals surface area contributed by atoms with Crippen molar-refractivity contribution in [3.8, 4) is 6.07 Å². The van der Waals surface area contributed by atoms with E-state index in [0.717, 1.165) is 18.9 Å². The summed E-state index contributed by atoms with van der Waals surface area (Å²) < 4.78 is 42.0. The third-order valence-corrected chi connectivity index (χ3v) is 6.58. The van der Waals surface area contributed by atoms with E-state index in [2.05, 4.69) is 20.7 Å². The molecule has 2 atom stereocenters. The molecule has 4 rings (SSSR count). The summed E-state index contributed by atoms with van der Waals surface area (Å²) in [6.07, 6.45) is 0.320. The second-order valence-corrected chi connectivity index (χ2v) is 10.7. The van der Waals surface area contributed by atoms with Gasteiger partial charge in [0, 0.05) is 34.4 Å². The van der Waals surface area contributed by atoms with Crippen molar-refractivity contribution >= 4 is 34.1 Å². The quantitative estimate of drug-likeness (QED) is 0.360. The number of halogens is 4. The number of fused-ring (bicyclic) bond motifs is 1. The van der Waals surface area contributed by atoms with Crippen molar-refractivity contribution in [3.05, 3.63) is 52.4 Å². The van der Waals surface area contributed by atoms with E-state index in [4.69, 9.17) is 11.6 Å². The standard InChI is InChI=1S/C26H28ClF3N6O2/c1-25(2,38)14-36-13-19(22(12-31)35-36)24(37)33-17-6-4-3-5-16(10-17)32-21-11-23(26(28,29)30)34-20-8-7-15(27)9-18(20)21/h7-9,11,13,16-17,38H,3-6,10,14H2,1-2H3,(H,32,34)(H,33,37)/t16-,17-/m0/s1. The lowest BCUT2D eigenvalue weighted by molar-refractivity contribution is -0.140. The van der Waals surface area contributed by atoms with Crippen LogP contribution in [-0.4, -0.2) is 43.5 Å². The molecule has 0 spiro atoms. The Balaban J connectivity index is 1.54. The number of aromatic nitrogens is 3. The van der Waals surface area contributed by atoms with Crippen LogP contribution in [0, 0.1) is 11.3 Å². The molecule has 1 saturated carbocycles. The topological polar surface area (TPSA) is 116 Å². The summed E-state index contributed by atoms with van der Waals surface area (Å²) in [5.74, 6) is -0.463. The molecule has 202 valence electrons. The highest BCUT2D eigenvalue weighted by Gasteiger charge is 2.34. The van der Waals surface area contributed by atoms with E-state index in [1.165, 1.54) is 23.0 Å². The van der Waals surface area contributed by atoms with Crippen molar-refractivity contribution < 1.29 is 23.1 Å². The summed E-state index contributed by atoms with van der Waals surface area (Å²) >= 11 is 6.12. The first-order chi connectivity index (χ1) is 17.8. The third-order valence-electron chi connectivity index (χ3n) is 6.34. The minimum atomic E-state index is -4.61. The highest BCUT2D eigenvalue weighted by Crippen LogP contribution is 2.35. The molecule has 1 aromatic carbocycles. The monoisotopic (exact) mass is 548 g/mol. The lowest BCUT2D eigenvalue weighted by atomic mass is 10.0. The molecule has 0 saturated heterocycles. The average molecular weight is 549 g/mol. The highest BCUT2D eigenvalue weighted by atomic mass is 35.5. The van der Waals surface area contributed by atoms with Crippen molar-refractivity contribution in [1.29, 1.82) is 5.26 Å². The average Bonchev–Trinajstić information content (AvgIpc) is 3.09. The van der Waals surface area contributed by atoms with Gasteiger partial charge in [-0.25, -0.2) is 4.98 Å². The molecular weight excluding hydrogens is 521 g/mol. The predicted molar refractivity (Wildman–Crippen MR) is 137 cm³/mol. The number of rotatable bonds is 6. The van der Waals surface area contributed by atoms with Gasteiger partial charge in [0.2, 0.25) is 0 Å². The third kappa shape index (κ3) is 6.74. The summed E-state index contributed by atoms with van der Waals surface area (Å²) in [6, 6.07) is 6.95. The zero-order chi connectivity index (χ0) is 27.7. The van der Waals surface area contributed by atoms with E-state index in [1.54, 1.807) is 19.9 Å². The van der Waals surface area contributed by atoms with Crippen molar-refractivity contribution in [2.45, 2.75) is 76.4 Å². The molecule has 38 heavy (non-hydrogen) atoms. The number of nitrogens with zero attached hydrogens (tertiary/aromatic N) is 4. The Kier molecular flexibility index (Phi) is 7.85. The van der Waals surface area contributed by atoms with Gasteiger partial charge in [-0.2, -0.15) is 23.5 Å². The minimum absolute atomic E-state index is 0.0464. The number of anilines is 1. The number of carbonyl (C=O) groups excluding carboxylic acids is 1. The van der Waals surface area contributed by atoms with Crippen LogP contribution in [0.2, 0.25) is 5.02 Å². The van der Waals surface area contributed by atoms with E-state index in [9.17, 15) is 28.3 Å². The van der Waals surface area contributed by atoms with Crippen LogP contribution >= 0.6 is 11.6 Å². The van der Waals surface area contributed by atoms with E-state index in [0.29, 0.717) is 29.7 Å². The number of alkyl halides is 3. The number of nitriles is 1. The smallest absolute Gasteiger partial charge is 0.389 e. The zero-order valence-electron chi connectivity index (χ0n) is 20.9. The van der Waals surface area contributed by atoms with Gasteiger partial charge in [-0.05, 0) is 57.4 Å². The Hall–Kier alpha value is -3.36. The van der Waals surface area contributed by atoms with Gasteiger partial charge in [0.1, 0.15) is 11.8 Å². The minimum Gasteiger partial charge on any atom is -0.389 e. The summed E-state index contributed by atoms with van der Waals surface area (Å²) in [5.41, 5.74) is -1.57. The molecule has 3 aromatic rings. The molecule has 2 heterocycles. The molecule has 12 heteroatoms. The molecule has 2 aromatic heterocycles. The normalized spacial score (nSPS) is 18.6. The summed E-state index contributed by atoms with van der Waals surface area (Å²) in [4.78, 5) is 16.8. The fourth-order valence-corrected chi connectivity index (χ4v) is 4.89. The fraction of sp³-hybridized carbons (Fsp3) is 0.462. The number of aliphatic hydroxyl groups is 1. The van der Waals surface area contributed by atoms with Crippen molar-refractivity contribution in [3.63, 3.8) is 0 Å². The Morgan fingerprint density at radius 1 is 1.24 bits per heavy atom. The van der Waals surface area contributed by atoms with Gasteiger partial charge in [0.05, 0.1) is 23.2 Å². The summed E-state index contributed by atoms with van der Waals surface area (Å²) in [6.45, 7) is 3.29. The zero-order valence-corrected chi connectivity index (χ0v) is 21.7. The van der Waals surface area contributed by atoms with E-state index in [1.807, 2.05) is 6.07 Å². The Bertz CT molecular complexity index is 1380. The molecule has 0 radical (unpaired) electrons. The number of pyridine rings is 1. The van der Waals surface area contributed by atoms with Gasteiger partial charge < -0.3 is 15.7 Å². The van der Waals surface area contributed by atoms with Crippen LogP contribution in [0.4, 0.5) is 18.9 Å². The number of hydrogen-bond acceptors (Lipinski definition) is 6. The molecule has 0 aliphatic heterocycles. The number of nitrogens with one attached hydrogen (secondary N) is 2. The van der Waals surface area contributed by atoms with Crippen molar-refractivity contribution in [2.75, 3.05) is 5.32 Å². The molecule has 0 unspecified atom stereocenters. The van der Waals surface area contributed by atoms with E-state index < -0.39 is 23.4 Å². The first kappa shape index (κ1) is 27.7. The van der Waals surface area contributed by atoms with Gasteiger partial charge in [0.25, 0.3) is 5.91 Å².